The molecule has 1 saturated carbocycles. The van der Waals surface area contributed by atoms with E-state index >= 15 is 0 Å². The van der Waals surface area contributed by atoms with Crippen LogP contribution in [0.4, 0.5) is 0 Å². The van der Waals surface area contributed by atoms with Gasteiger partial charge in [-0.1, -0.05) is 58.8 Å². The molecule has 3 nitrogen and oxygen atoms in total. The topological polar surface area (TPSA) is 42.2 Å². The molecule has 1 heterocycles. The van der Waals surface area contributed by atoms with Gasteiger partial charge in [0.1, 0.15) is 6.07 Å². The van der Waals surface area contributed by atoms with Gasteiger partial charge in [-0.25, -0.2) is 0 Å². The molecule has 0 N–H and O–H groups in total. The molecule has 2 aliphatic rings. The highest BCUT2D eigenvalue weighted by molar-refractivity contribution is 5.02. The molecule has 0 aromatic heterocycles. The van der Waals surface area contributed by atoms with Gasteiger partial charge in [-0.15, -0.1) is 0 Å². The van der Waals surface area contributed by atoms with Crippen molar-refractivity contribution in [3.8, 4) is 6.07 Å². The number of nitriles is 1. The highest BCUT2D eigenvalue weighted by Gasteiger charge is 2.46. The van der Waals surface area contributed by atoms with Crippen molar-refractivity contribution in [2.75, 3.05) is 13.2 Å². The number of nitrogens with zero attached hydrogens (tertiary/aromatic N) is 1. The van der Waals surface area contributed by atoms with Crippen molar-refractivity contribution in [3.63, 3.8) is 0 Å². The Morgan fingerprint density at radius 2 is 1.50 bits per heavy atom. The Bertz CT molecular complexity index is 374. The van der Waals surface area contributed by atoms with E-state index in [1.54, 1.807) is 0 Å². The van der Waals surface area contributed by atoms with Crippen molar-refractivity contribution in [2.24, 2.45) is 17.8 Å². The monoisotopic (exact) mass is 335 g/mol. The second-order valence-electron chi connectivity index (χ2n) is 7.98. The molecule has 24 heavy (non-hydrogen) atoms. The van der Waals surface area contributed by atoms with E-state index in [0.29, 0.717) is 19.1 Å². The molecule has 1 aliphatic heterocycles. The van der Waals surface area contributed by atoms with Crippen LogP contribution in [0.5, 0.6) is 0 Å². The predicted molar refractivity (Wildman–Crippen MR) is 97.5 cm³/mol. The van der Waals surface area contributed by atoms with E-state index in [4.69, 9.17) is 9.47 Å². The third-order valence-corrected chi connectivity index (χ3v) is 6.02. The summed E-state index contributed by atoms with van der Waals surface area (Å²) in [7, 11) is 0. The minimum atomic E-state index is -0.949. The smallest absolute Gasteiger partial charge is 0.262 e. The fraction of sp³-hybridized carbons (Fsp3) is 0.952. The zero-order valence-electron chi connectivity index (χ0n) is 15.9. The van der Waals surface area contributed by atoms with Gasteiger partial charge in [0.15, 0.2) is 0 Å². The van der Waals surface area contributed by atoms with Crippen molar-refractivity contribution in [3.05, 3.63) is 0 Å². The van der Waals surface area contributed by atoms with E-state index < -0.39 is 5.79 Å². The molecule has 138 valence electrons. The Hall–Kier alpha value is -0.590. The summed E-state index contributed by atoms with van der Waals surface area (Å²) in [5.41, 5.74) is 0. The fourth-order valence-electron chi connectivity index (χ4n) is 4.41. The lowest BCUT2D eigenvalue weighted by atomic mass is 9.76. The molecule has 1 aliphatic carbocycles. The Balaban J connectivity index is 1.72. The van der Waals surface area contributed by atoms with Crippen molar-refractivity contribution in [2.45, 2.75) is 96.7 Å². The second kappa shape index (κ2) is 10.4. The largest absolute Gasteiger partial charge is 0.338 e. The lowest BCUT2D eigenvalue weighted by Crippen LogP contribution is -2.49. The van der Waals surface area contributed by atoms with E-state index in [2.05, 4.69) is 19.9 Å². The van der Waals surface area contributed by atoms with Crippen LogP contribution in [-0.4, -0.2) is 19.0 Å². The van der Waals surface area contributed by atoms with Gasteiger partial charge in [-0.3, -0.25) is 0 Å². The van der Waals surface area contributed by atoms with Crippen LogP contribution in [0.3, 0.4) is 0 Å². The van der Waals surface area contributed by atoms with Crippen LogP contribution in [0.25, 0.3) is 0 Å². The fourth-order valence-corrected chi connectivity index (χ4v) is 4.41. The molecule has 2 fully saturated rings. The van der Waals surface area contributed by atoms with E-state index in [9.17, 15) is 5.26 Å². The summed E-state index contributed by atoms with van der Waals surface area (Å²) in [4.78, 5) is 0. The van der Waals surface area contributed by atoms with E-state index in [1.807, 2.05) is 0 Å². The minimum absolute atomic E-state index is 0.265. The van der Waals surface area contributed by atoms with Crippen molar-refractivity contribution in [1.29, 1.82) is 5.26 Å². The normalized spacial score (nSPS) is 34.0. The molecule has 1 saturated heterocycles. The van der Waals surface area contributed by atoms with Crippen molar-refractivity contribution >= 4 is 0 Å². The molecule has 0 spiro atoms. The van der Waals surface area contributed by atoms with Crippen molar-refractivity contribution in [1.82, 2.24) is 0 Å². The average Bonchev–Trinajstić information content (AvgIpc) is 2.63. The molecule has 0 amide bonds. The molecule has 0 atom stereocenters. The van der Waals surface area contributed by atoms with Crippen LogP contribution in [0.1, 0.15) is 90.9 Å². The SMILES string of the molecule is CCCCCCC[C@H]1CO[C@](C#N)([C@H]2CC[C@@H](CCC)CC2)OC1. The van der Waals surface area contributed by atoms with Gasteiger partial charge in [0, 0.05) is 11.8 Å². The van der Waals surface area contributed by atoms with Gasteiger partial charge < -0.3 is 9.47 Å². The Morgan fingerprint density at radius 1 is 0.833 bits per heavy atom. The Morgan fingerprint density at radius 3 is 2.08 bits per heavy atom. The number of hydrogen-bond donors (Lipinski definition) is 0. The molecule has 0 bridgehead atoms. The molecule has 0 radical (unpaired) electrons. The van der Waals surface area contributed by atoms with E-state index in [0.717, 1.165) is 18.8 Å². The maximum absolute atomic E-state index is 9.72. The highest BCUT2D eigenvalue weighted by Crippen LogP contribution is 2.41. The van der Waals surface area contributed by atoms with Gasteiger partial charge in [0.05, 0.1) is 13.2 Å². The predicted octanol–water partition coefficient (Wildman–Crippen LogP) is 5.84. The number of hydrogen-bond acceptors (Lipinski definition) is 3. The first-order chi connectivity index (χ1) is 11.7. The van der Waals surface area contributed by atoms with Crippen LogP contribution in [0.2, 0.25) is 0 Å². The summed E-state index contributed by atoms with van der Waals surface area (Å²) in [5, 5.41) is 9.72. The minimum Gasteiger partial charge on any atom is -0.338 e. The summed E-state index contributed by atoms with van der Waals surface area (Å²) in [5.74, 6) is 0.641. The summed E-state index contributed by atoms with van der Waals surface area (Å²) in [6.45, 7) is 5.92. The highest BCUT2D eigenvalue weighted by atomic mass is 16.7. The zero-order chi connectivity index (χ0) is 17.3. The average molecular weight is 336 g/mol. The Kier molecular flexibility index (Phi) is 8.56. The van der Waals surface area contributed by atoms with Gasteiger partial charge in [-0.05, 0) is 38.0 Å². The van der Waals surface area contributed by atoms with Gasteiger partial charge in [0.25, 0.3) is 5.79 Å². The first kappa shape index (κ1) is 19.7. The summed E-state index contributed by atoms with van der Waals surface area (Å²) in [6, 6.07) is 2.39. The number of ether oxygens (including phenoxy) is 2. The summed E-state index contributed by atoms with van der Waals surface area (Å²) in [6.07, 6.45) is 15.0. The molecule has 3 heteroatoms. The maximum atomic E-state index is 9.72. The summed E-state index contributed by atoms with van der Waals surface area (Å²) < 4.78 is 12.1. The quantitative estimate of drug-likeness (QED) is 0.497. The zero-order valence-corrected chi connectivity index (χ0v) is 15.9. The van der Waals surface area contributed by atoms with Crippen LogP contribution in [-0.2, 0) is 9.47 Å². The third-order valence-electron chi connectivity index (χ3n) is 6.02. The Labute approximate surface area is 149 Å². The lowest BCUT2D eigenvalue weighted by molar-refractivity contribution is -0.279. The van der Waals surface area contributed by atoms with Crippen LogP contribution in [0.15, 0.2) is 0 Å². The van der Waals surface area contributed by atoms with Crippen molar-refractivity contribution < 1.29 is 9.47 Å². The standard InChI is InChI=1S/C21H37NO2/c1-3-5-6-7-8-10-19-15-23-21(17-22,24-16-19)20-13-11-18(9-4-2)12-14-20/h18-20H,3-16H2,1-2H3/t18-,19-,20+,21-. The molecular formula is C21H37NO2. The van der Waals surface area contributed by atoms with Crippen LogP contribution >= 0.6 is 0 Å². The van der Waals surface area contributed by atoms with E-state index in [-0.39, 0.29) is 5.92 Å². The van der Waals surface area contributed by atoms with Crippen LogP contribution < -0.4 is 0 Å². The third kappa shape index (κ3) is 5.46. The van der Waals surface area contributed by atoms with Crippen LogP contribution in [0, 0.1) is 29.1 Å². The second-order valence-corrected chi connectivity index (χ2v) is 7.98. The summed E-state index contributed by atoms with van der Waals surface area (Å²) >= 11 is 0. The molecule has 0 aromatic rings. The van der Waals surface area contributed by atoms with Gasteiger partial charge >= 0.3 is 0 Å². The lowest BCUT2D eigenvalue weighted by Gasteiger charge is -2.42. The first-order valence-corrected chi connectivity index (χ1v) is 10.4. The van der Waals surface area contributed by atoms with E-state index in [1.165, 1.54) is 64.2 Å². The molecule has 2 rings (SSSR count). The molecule has 0 unspecified atom stereocenters. The molecule has 0 aromatic carbocycles. The van der Waals surface area contributed by atoms with Gasteiger partial charge in [0.2, 0.25) is 0 Å². The first-order valence-electron chi connectivity index (χ1n) is 10.4. The maximum Gasteiger partial charge on any atom is 0.262 e. The molecular weight excluding hydrogens is 298 g/mol. The number of unbranched alkanes of at least 4 members (excludes halogenated alkanes) is 4. The van der Waals surface area contributed by atoms with Gasteiger partial charge in [-0.2, -0.15) is 5.26 Å². The number of rotatable bonds is 9.